The number of ether oxygens (including phenoxy) is 2. The topological polar surface area (TPSA) is 74.6 Å². The minimum Gasteiger partial charge on any atom is -0.459 e. The lowest BCUT2D eigenvalue weighted by molar-refractivity contribution is 0.0308. The molecule has 0 aliphatic carbocycles. The Kier molecular flexibility index (Phi) is 6.51. The molecule has 0 fully saturated rings. The van der Waals surface area contributed by atoms with Crippen molar-refractivity contribution in [1.29, 1.82) is 0 Å². The molecule has 0 amide bonds. The maximum Gasteiger partial charge on any atom is 0.355 e. The predicted octanol–water partition coefficient (Wildman–Crippen LogP) is 2.02. The van der Waals surface area contributed by atoms with E-state index in [0.29, 0.717) is 19.8 Å². The molecule has 0 aliphatic heterocycles. The van der Waals surface area contributed by atoms with Gasteiger partial charge in [-0.15, -0.1) is 0 Å². The molecule has 0 aromatic carbocycles. The molecule has 1 aromatic rings. The molecular formula is C12H18ClNO5S. The van der Waals surface area contributed by atoms with E-state index in [2.05, 4.69) is 0 Å². The number of hydrogen-bond donors (Lipinski definition) is 0. The van der Waals surface area contributed by atoms with Gasteiger partial charge in [-0.1, -0.05) is 6.92 Å². The fourth-order valence-corrected chi connectivity index (χ4v) is 2.32. The lowest BCUT2D eigenvalue weighted by Gasteiger charge is -2.07. The molecule has 8 heteroatoms. The van der Waals surface area contributed by atoms with Crippen molar-refractivity contribution in [2.45, 2.75) is 31.7 Å². The summed E-state index contributed by atoms with van der Waals surface area (Å²) in [5, 5.41) is 0. The molecule has 1 heterocycles. The SMILES string of the molecule is CCCOCCOC(=O)c1cc(S(=O)(=O)Cl)cn1CC. The molecule has 0 radical (unpaired) electrons. The Morgan fingerprint density at radius 1 is 1.30 bits per heavy atom. The van der Waals surface area contributed by atoms with Crippen molar-refractivity contribution >= 4 is 25.7 Å². The number of carbonyl (C=O) groups excluding carboxylic acids is 1. The first-order valence-electron chi connectivity index (χ1n) is 6.29. The van der Waals surface area contributed by atoms with Gasteiger partial charge in [-0.2, -0.15) is 0 Å². The summed E-state index contributed by atoms with van der Waals surface area (Å²) in [6, 6.07) is 1.21. The molecule has 0 saturated carbocycles. The molecule has 114 valence electrons. The van der Waals surface area contributed by atoms with Crippen molar-refractivity contribution in [3.05, 3.63) is 18.0 Å². The van der Waals surface area contributed by atoms with Crippen LogP contribution in [0.3, 0.4) is 0 Å². The Bertz CT molecular complexity index is 552. The lowest BCUT2D eigenvalue weighted by atomic mass is 10.4. The minimum atomic E-state index is -3.86. The largest absolute Gasteiger partial charge is 0.459 e. The van der Waals surface area contributed by atoms with Crippen LogP contribution in [0.15, 0.2) is 17.2 Å². The Labute approximate surface area is 123 Å². The van der Waals surface area contributed by atoms with E-state index >= 15 is 0 Å². The van der Waals surface area contributed by atoms with Crippen LogP contribution in [-0.4, -0.2) is 38.8 Å². The fourth-order valence-electron chi connectivity index (χ4n) is 1.56. The Morgan fingerprint density at radius 2 is 2.00 bits per heavy atom. The van der Waals surface area contributed by atoms with Crippen molar-refractivity contribution in [1.82, 2.24) is 4.57 Å². The Hall–Kier alpha value is -1.05. The van der Waals surface area contributed by atoms with Crippen LogP contribution in [0.4, 0.5) is 0 Å². The number of carbonyl (C=O) groups is 1. The molecule has 20 heavy (non-hydrogen) atoms. The van der Waals surface area contributed by atoms with Crippen molar-refractivity contribution in [2.75, 3.05) is 19.8 Å². The third kappa shape index (κ3) is 4.81. The number of aromatic nitrogens is 1. The van der Waals surface area contributed by atoms with Crippen LogP contribution >= 0.6 is 10.7 Å². The van der Waals surface area contributed by atoms with Gasteiger partial charge in [0.2, 0.25) is 0 Å². The van der Waals surface area contributed by atoms with Gasteiger partial charge in [-0.3, -0.25) is 0 Å². The van der Waals surface area contributed by atoms with Gasteiger partial charge in [0.15, 0.2) is 0 Å². The number of hydrogen-bond acceptors (Lipinski definition) is 5. The molecule has 6 nitrogen and oxygen atoms in total. The highest BCUT2D eigenvalue weighted by Gasteiger charge is 2.20. The fraction of sp³-hybridized carbons (Fsp3) is 0.583. The average molecular weight is 324 g/mol. The van der Waals surface area contributed by atoms with E-state index in [-0.39, 0.29) is 17.2 Å². The Balaban J connectivity index is 2.70. The molecule has 0 atom stereocenters. The first kappa shape index (κ1) is 17.0. The Morgan fingerprint density at radius 3 is 2.55 bits per heavy atom. The van der Waals surface area contributed by atoms with Crippen molar-refractivity contribution in [2.24, 2.45) is 0 Å². The first-order chi connectivity index (χ1) is 9.40. The standard InChI is InChI=1S/C12H18ClNO5S/c1-3-5-18-6-7-19-12(15)11-8-10(20(13,16)17)9-14(11)4-2/h8-9H,3-7H2,1-2H3. The van der Waals surface area contributed by atoms with E-state index < -0.39 is 15.0 Å². The summed E-state index contributed by atoms with van der Waals surface area (Å²) in [5.74, 6) is -0.599. The molecule has 0 unspecified atom stereocenters. The summed E-state index contributed by atoms with van der Waals surface area (Å²) < 4.78 is 34.2. The van der Waals surface area contributed by atoms with E-state index in [0.717, 1.165) is 6.42 Å². The molecule has 1 aromatic heterocycles. The third-order valence-electron chi connectivity index (χ3n) is 2.51. The van der Waals surface area contributed by atoms with Gasteiger partial charge in [0.05, 0.1) is 6.61 Å². The number of halogens is 1. The molecule has 0 bridgehead atoms. The quantitative estimate of drug-likeness (QED) is 0.415. The highest BCUT2D eigenvalue weighted by molar-refractivity contribution is 8.13. The summed E-state index contributed by atoms with van der Waals surface area (Å²) in [4.78, 5) is 11.7. The first-order valence-corrected chi connectivity index (χ1v) is 8.60. The highest BCUT2D eigenvalue weighted by atomic mass is 35.7. The molecule has 1 rings (SSSR count). The summed E-state index contributed by atoms with van der Waals surface area (Å²) in [7, 11) is 1.39. The van der Waals surface area contributed by atoms with Crippen molar-refractivity contribution < 1.29 is 22.7 Å². The van der Waals surface area contributed by atoms with Gasteiger partial charge in [0.1, 0.15) is 17.2 Å². The number of aryl methyl sites for hydroxylation is 1. The number of esters is 1. The summed E-state index contributed by atoms with van der Waals surface area (Å²) >= 11 is 0. The molecule has 0 saturated heterocycles. The lowest BCUT2D eigenvalue weighted by Crippen LogP contribution is -2.14. The molecule has 0 aliphatic rings. The van der Waals surface area contributed by atoms with Gasteiger partial charge >= 0.3 is 5.97 Å². The molecule has 0 spiro atoms. The predicted molar refractivity (Wildman–Crippen MR) is 74.5 cm³/mol. The maximum absolute atomic E-state index is 11.9. The maximum atomic E-state index is 11.9. The van der Waals surface area contributed by atoms with E-state index in [4.69, 9.17) is 20.2 Å². The number of rotatable bonds is 8. The highest BCUT2D eigenvalue weighted by Crippen LogP contribution is 2.19. The van der Waals surface area contributed by atoms with Crippen molar-refractivity contribution in [3.63, 3.8) is 0 Å². The zero-order chi connectivity index (χ0) is 15.2. The van der Waals surface area contributed by atoms with Gasteiger partial charge in [0, 0.05) is 30.0 Å². The van der Waals surface area contributed by atoms with Crippen LogP contribution in [0.25, 0.3) is 0 Å². The van der Waals surface area contributed by atoms with E-state index in [1.807, 2.05) is 6.92 Å². The van der Waals surface area contributed by atoms with Gasteiger partial charge in [-0.05, 0) is 19.4 Å². The summed E-state index contributed by atoms with van der Waals surface area (Å²) in [5.41, 5.74) is 0.155. The average Bonchev–Trinajstić information content (AvgIpc) is 2.82. The second kappa shape index (κ2) is 7.66. The third-order valence-corrected chi connectivity index (χ3v) is 3.83. The van der Waals surface area contributed by atoms with Gasteiger partial charge < -0.3 is 14.0 Å². The minimum absolute atomic E-state index is 0.116. The summed E-state index contributed by atoms with van der Waals surface area (Å²) in [6.45, 7) is 5.24. The second-order valence-electron chi connectivity index (χ2n) is 4.03. The zero-order valence-corrected chi connectivity index (χ0v) is 13.0. The van der Waals surface area contributed by atoms with Crippen LogP contribution in [0, 0.1) is 0 Å². The van der Waals surface area contributed by atoms with Crippen LogP contribution in [0.2, 0.25) is 0 Å². The zero-order valence-electron chi connectivity index (χ0n) is 11.5. The molecular weight excluding hydrogens is 306 g/mol. The monoisotopic (exact) mass is 323 g/mol. The molecule has 0 N–H and O–H groups in total. The van der Waals surface area contributed by atoms with Gasteiger partial charge in [-0.25, -0.2) is 13.2 Å². The van der Waals surface area contributed by atoms with E-state index in [1.165, 1.54) is 16.8 Å². The van der Waals surface area contributed by atoms with Crippen LogP contribution in [-0.2, 0) is 25.1 Å². The normalized spacial score (nSPS) is 11.6. The van der Waals surface area contributed by atoms with Crippen LogP contribution < -0.4 is 0 Å². The second-order valence-corrected chi connectivity index (χ2v) is 6.60. The smallest absolute Gasteiger partial charge is 0.355 e. The van der Waals surface area contributed by atoms with Gasteiger partial charge in [0.25, 0.3) is 9.05 Å². The van der Waals surface area contributed by atoms with Crippen LogP contribution in [0.1, 0.15) is 30.8 Å². The van der Waals surface area contributed by atoms with E-state index in [1.54, 1.807) is 6.92 Å². The van der Waals surface area contributed by atoms with E-state index in [9.17, 15) is 13.2 Å². The van der Waals surface area contributed by atoms with Crippen molar-refractivity contribution in [3.8, 4) is 0 Å². The number of nitrogens with zero attached hydrogens (tertiary/aromatic N) is 1. The summed E-state index contributed by atoms with van der Waals surface area (Å²) in [6.07, 6.45) is 2.20. The van der Waals surface area contributed by atoms with Crippen LogP contribution in [0.5, 0.6) is 0 Å².